The summed E-state index contributed by atoms with van der Waals surface area (Å²) in [6.07, 6.45) is 3.28. The summed E-state index contributed by atoms with van der Waals surface area (Å²) in [5.41, 5.74) is 0.830. The average molecular weight is 427 g/mol. The van der Waals surface area contributed by atoms with Gasteiger partial charge in [0.2, 0.25) is 0 Å². The first-order valence-corrected chi connectivity index (χ1v) is 9.96. The quantitative estimate of drug-likeness (QED) is 0.644. The summed E-state index contributed by atoms with van der Waals surface area (Å²) in [4.78, 5) is 34.3. The van der Waals surface area contributed by atoms with Crippen molar-refractivity contribution in [3.63, 3.8) is 0 Å². The van der Waals surface area contributed by atoms with Gasteiger partial charge in [0.25, 0.3) is 11.5 Å². The summed E-state index contributed by atoms with van der Waals surface area (Å²) in [6.45, 7) is 3.79. The van der Waals surface area contributed by atoms with E-state index in [0.717, 1.165) is 0 Å². The van der Waals surface area contributed by atoms with E-state index in [1.165, 1.54) is 28.8 Å². The predicted octanol–water partition coefficient (Wildman–Crippen LogP) is 3.30. The van der Waals surface area contributed by atoms with Crippen LogP contribution in [0.5, 0.6) is 0 Å². The van der Waals surface area contributed by atoms with Crippen molar-refractivity contribution in [1.82, 2.24) is 14.5 Å². The van der Waals surface area contributed by atoms with Crippen molar-refractivity contribution in [2.75, 3.05) is 31.1 Å². The molecule has 1 amide bonds. The minimum atomic E-state index is -0.415. The van der Waals surface area contributed by atoms with Gasteiger partial charge in [-0.1, -0.05) is 11.6 Å². The maximum Gasteiger partial charge on any atom is 0.268 e. The Morgan fingerprint density at radius 3 is 2.43 bits per heavy atom. The van der Waals surface area contributed by atoms with Crippen molar-refractivity contribution in [3.05, 3.63) is 87.2 Å². The summed E-state index contributed by atoms with van der Waals surface area (Å²) >= 11 is 6.23. The fourth-order valence-electron chi connectivity index (χ4n) is 3.58. The van der Waals surface area contributed by atoms with Crippen LogP contribution in [0.1, 0.15) is 15.9 Å². The zero-order valence-corrected chi connectivity index (χ0v) is 17.1. The minimum absolute atomic E-state index is 0.131. The molecule has 4 rings (SSSR count). The molecule has 0 unspecified atom stereocenters. The van der Waals surface area contributed by atoms with Gasteiger partial charge in [0.1, 0.15) is 17.2 Å². The van der Waals surface area contributed by atoms with Crippen LogP contribution in [0.25, 0.3) is 5.69 Å². The number of anilines is 1. The maximum atomic E-state index is 13.2. The zero-order valence-electron chi connectivity index (χ0n) is 16.4. The molecule has 1 aliphatic heterocycles. The second kappa shape index (κ2) is 8.28. The fraction of sp³-hybridized carbons (Fsp3) is 0.227. The Morgan fingerprint density at radius 2 is 1.77 bits per heavy atom. The summed E-state index contributed by atoms with van der Waals surface area (Å²) in [5.74, 6) is 0.00245. The van der Waals surface area contributed by atoms with Crippen molar-refractivity contribution < 1.29 is 9.18 Å². The number of benzene rings is 1. The lowest BCUT2D eigenvalue weighted by molar-refractivity contribution is 0.0743. The molecule has 8 heteroatoms. The molecule has 0 saturated carbocycles. The Balaban J connectivity index is 1.57. The van der Waals surface area contributed by atoms with Gasteiger partial charge in [-0.15, -0.1) is 0 Å². The lowest BCUT2D eigenvalue weighted by atomic mass is 10.1. The first kappa shape index (κ1) is 20.1. The molecular weight excluding hydrogens is 407 g/mol. The number of carbonyl (C=O) groups is 1. The number of amides is 1. The van der Waals surface area contributed by atoms with Gasteiger partial charge in [-0.2, -0.15) is 0 Å². The topological polar surface area (TPSA) is 58.4 Å². The third kappa shape index (κ3) is 3.80. The Labute approximate surface area is 178 Å². The van der Waals surface area contributed by atoms with E-state index in [-0.39, 0.29) is 17.3 Å². The van der Waals surface area contributed by atoms with Crippen LogP contribution < -0.4 is 10.5 Å². The Morgan fingerprint density at radius 1 is 1.07 bits per heavy atom. The molecule has 0 N–H and O–H groups in total. The van der Waals surface area contributed by atoms with Gasteiger partial charge in [-0.05, 0) is 55.0 Å². The molecule has 2 aromatic heterocycles. The van der Waals surface area contributed by atoms with Crippen molar-refractivity contribution in [2.24, 2.45) is 0 Å². The first-order chi connectivity index (χ1) is 14.5. The van der Waals surface area contributed by atoms with Crippen LogP contribution in [-0.4, -0.2) is 46.5 Å². The van der Waals surface area contributed by atoms with Gasteiger partial charge >= 0.3 is 0 Å². The van der Waals surface area contributed by atoms with Crippen molar-refractivity contribution in [2.45, 2.75) is 6.92 Å². The normalized spacial score (nSPS) is 14.1. The largest absolute Gasteiger partial charge is 0.352 e. The smallest absolute Gasteiger partial charge is 0.268 e. The van der Waals surface area contributed by atoms with E-state index in [1.807, 2.05) is 4.90 Å². The number of pyridine rings is 2. The maximum absolute atomic E-state index is 13.2. The van der Waals surface area contributed by atoms with Crippen LogP contribution in [0.15, 0.2) is 59.7 Å². The number of hydrogen-bond acceptors (Lipinski definition) is 4. The number of halogens is 2. The minimum Gasteiger partial charge on any atom is -0.352 e. The van der Waals surface area contributed by atoms with Crippen LogP contribution in [0.3, 0.4) is 0 Å². The second-order valence-corrected chi connectivity index (χ2v) is 7.52. The molecule has 30 heavy (non-hydrogen) atoms. The van der Waals surface area contributed by atoms with Gasteiger partial charge in [-0.25, -0.2) is 9.37 Å². The molecule has 1 aliphatic rings. The van der Waals surface area contributed by atoms with E-state index in [0.29, 0.717) is 48.3 Å². The summed E-state index contributed by atoms with van der Waals surface area (Å²) in [7, 11) is 0. The highest BCUT2D eigenvalue weighted by Gasteiger charge is 2.27. The molecule has 3 heterocycles. The van der Waals surface area contributed by atoms with Gasteiger partial charge in [0, 0.05) is 44.3 Å². The number of hydrogen-bond donors (Lipinski definition) is 0. The van der Waals surface area contributed by atoms with E-state index in [9.17, 15) is 14.0 Å². The Hall–Kier alpha value is -3.19. The number of carbonyl (C=O) groups excluding carboxylic acids is 1. The highest BCUT2D eigenvalue weighted by atomic mass is 35.5. The molecule has 1 saturated heterocycles. The summed E-state index contributed by atoms with van der Waals surface area (Å²) in [6, 6.07) is 10.9. The molecule has 154 valence electrons. The standard InChI is InChI=1S/C22H20ClFN4O2/c1-15-8-10-28(17-6-4-16(24)5-7-17)22(30)19(15)21(29)27-13-11-26(12-14-27)20-18(23)3-2-9-25-20/h2-10H,11-14H2,1H3. The molecule has 0 atom stereocenters. The van der Waals surface area contributed by atoms with Crippen molar-refractivity contribution >= 4 is 23.3 Å². The highest BCUT2D eigenvalue weighted by Crippen LogP contribution is 2.23. The summed E-state index contributed by atoms with van der Waals surface area (Å²) < 4.78 is 14.6. The third-order valence-electron chi connectivity index (χ3n) is 5.22. The molecule has 0 bridgehead atoms. The van der Waals surface area contributed by atoms with Crippen LogP contribution in [0.2, 0.25) is 5.02 Å². The zero-order chi connectivity index (χ0) is 21.3. The van der Waals surface area contributed by atoms with Gasteiger partial charge in [0.15, 0.2) is 0 Å². The summed E-state index contributed by atoms with van der Waals surface area (Å²) in [5, 5.41) is 0.568. The van der Waals surface area contributed by atoms with Crippen LogP contribution in [0, 0.1) is 12.7 Å². The van der Waals surface area contributed by atoms with E-state index in [2.05, 4.69) is 4.98 Å². The molecule has 1 aromatic carbocycles. The lowest BCUT2D eigenvalue weighted by Crippen LogP contribution is -2.50. The molecule has 0 radical (unpaired) electrons. The first-order valence-electron chi connectivity index (χ1n) is 9.58. The molecule has 1 fully saturated rings. The number of aromatic nitrogens is 2. The number of piperazine rings is 1. The van der Waals surface area contributed by atoms with Crippen molar-refractivity contribution in [3.8, 4) is 5.69 Å². The molecular formula is C22H20ClFN4O2. The average Bonchev–Trinajstić information content (AvgIpc) is 2.75. The Kier molecular flexibility index (Phi) is 5.55. The molecule has 0 spiro atoms. The van der Waals surface area contributed by atoms with E-state index >= 15 is 0 Å². The lowest BCUT2D eigenvalue weighted by Gasteiger charge is -2.35. The van der Waals surface area contributed by atoms with Crippen LogP contribution in [0.4, 0.5) is 10.2 Å². The predicted molar refractivity (Wildman–Crippen MR) is 114 cm³/mol. The van der Waals surface area contributed by atoms with E-state index in [1.54, 1.807) is 42.4 Å². The number of rotatable bonds is 3. The SMILES string of the molecule is Cc1ccn(-c2ccc(F)cc2)c(=O)c1C(=O)N1CCN(c2ncccc2Cl)CC1. The molecule has 0 aliphatic carbocycles. The number of aryl methyl sites for hydroxylation is 1. The van der Waals surface area contributed by atoms with Gasteiger partial charge in [-0.3, -0.25) is 14.2 Å². The van der Waals surface area contributed by atoms with E-state index in [4.69, 9.17) is 11.6 Å². The molecule has 3 aromatic rings. The van der Waals surface area contributed by atoms with Gasteiger partial charge in [0.05, 0.1) is 5.02 Å². The third-order valence-corrected chi connectivity index (χ3v) is 5.52. The fourth-order valence-corrected chi connectivity index (χ4v) is 3.82. The highest BCUT2D eigenvalue weighted by molar-refractivity contribution is 6.32. The van der Waals surface area contributed by atoms with Gasteiger partial charge < -0.3 is 9.80 Å². The second-order valence-electron chi connectivity index (χ2n) is 7.11. The molecule has 6 nitrogen and oxygen atoms in total. The Bertz CT molecular complexity index is 1140. The van der Waals surface area contributed by atoms with E-state index < -0.39 is 5.56 Å². The monoisotopic (exact) mass is 426 g/mol. The number of nitrogens with zero attached hydrogens (tertiary/aromatic N) is 4. The van der Waals surface area contributed by atoms with Crippen LogP contribution in [-0.2, 0) is 0 Å². The van der Waals surface area contributed by atoms with Crippen LogP contribution >= 0.6 is 11.6 Å². The van der Waals surface area contributed by atoms with Crippen molar-refractivity contribution in [1.29, 1.82) is 0 Å².